The van der Waals surface area contributed by atoms with Crippen LogP contribution in [-0.2, 0) is 0 Å². The molecular formula is C26H30N4O. The van der Waals surface area contributed by atoms with Crippen LogP contribution in [0.4, 0.5) is 10.5 Å². The standard InChI is InChI=1S/C26H30N4O/c1-19-7-3-4-8-22(19)18-21-11-14-30(15-12-21)16-13-27-26(31)29-25-17-20(2)28-24-10-6-5-9-23(24)25/h3-10,17-18H,11-16H2,1-2H3,(H2,27,28,29,31). The molecule has 0 atom stereocenters. The van der Waals surface area contributed by atoms with Gasteiger partial charge in [-0.1, -0.05) is 54.1 Å². The van der Waals surface area contributed by atoms with Crippen LogP contribution in [0.15, 0.2) is 60.2 Å². The Labute approximate surface area is 184 Å². The average Bonchev–Trinajstić information content (AvgIpc) is 2.76. The number of rotatable bonds is 5. The van der Waals surface area contributed by atoms with Crippen LogP contribution in [0.25, 0.3) is 17.0 Å². The molecular weight excluding hydrogens is 384 g/mol. The van der Waals surface area contributed by atoms with Gasteiger partial charge in [0.05, 0.1) is 11.2 Å². The number of urea groups is 1. The lowest BCUT2D eigenvalue weighted by Crippen LogP contribution is -2.39. The first-order valence-electron chi connectivity index (χ1n) is 11.0. The van der Waals surface area contributed by atoms with Crippen LogP contribution in [-0.4, -0.2) is 42.1 Å². The van der Waals surface area contributed by atoms with E-state index in [2.05, 4.69) is 57.8 Å². The molecule has 1 aliphatic heterocycles. The number of benzene rings is 2. The molecule has 0 aliphatic carbocycles. The number of hydrogen-bond donors (Lipinski definition) is 2. The quantitative estimate of drug-likeness (QED) is 0.607. The summed E-state index contributed by atoms with van der Waals surface area (Å²) in [6, 6.07) is 18.1. The van der Waals surface area contributed by atoms with Crippen molar-refractivity contribution in [3.05, 3.63) is 77.0 Å². The Morgan fingerprint density at radius 3 is 2.61 bits per heavy atom. The van der Waals surface area contributed by atoms with Crippen molar-refractivity contribution in [1.82, 2.24) is 15.2 Å². The van der Waals surface area contributed by atoms with Crippen molar-refractivity contribution >= 4 is 28.7 Å². The predicted octanol–water partition coefficient (Wildman–Crippen LogP) is 5.15. The third-order valence-electron chi connectivity index (χ3n) is 5.85. The molecule has 1 saturated heterocycles. The Morgan fingerprint density at radius 2 is 1.81 bits per heavy atom. The topological polar surface area (TPSA) is 57.3 Å². The van der Waals surface area contributed by atoms with Gasteiger partial charge in [0.2, 0.25) is 0 Å². The molecule has 2 amide bonds. The average molecular weight is 415 g/mol. The Balaban J connectivity index is 1.24. The second-order valence-corrected chi connectivity index (χ2v) is 8.21. The van der Waals surface area contributed by atoms with Crippen LogP contribution < -0.4 is 10.6 Å². The first-order chi connectivity index (χ1) is 15.1. The summed E-state index contributed by atoms with van der Waals surface area (Å²) in [7, 11) is 0. The zero-order valence-electron chi connectivity index (χ0n) is 18.3. The van der Waals surface area contributed by atoms with E-state index in [9.17, 15) is 4.79 Å². The van der Waals surface area contributed by atoms with E-state index in [0.29, 0.717) is 6.54 Å². The van der Waals surface area contributed by atoms with Gasteiger partial charge in [-0.15, -0.1) is 0 Å². The molecule has 2 heterocycles. The van der Waals surface area contributed by atoms with Gasteiger partial charge >= 0.3 is 6.03 Å². The number of nitrogens with one attached hydrogen (secondary N) is 2. The maximum absolute atomic E-state index is 12.4. The molecule has 3 aromatic rings. The molecule has 1 fully saturated rings. The maximum atomic E-state index is 12.4. The molecule has 1 aromatic heterocycles. The number of anilines is 1. The number of pyridine rings is 1. The van der Waals surface area contributed by atoms with Crippen molar-refractivity contribution in [2.75, 3.05) is 31.5 Å². The number of aromatic nitrogens is 1. The minimum Gasteiger partial charge on any atom is -0.337 e. The molecule has 0 unspecified atom stereocenters. The van der Waals surface area contributed by atoms with E-state index in [1.54, 1.807) is 0 Å². The Kier molecular flexibility index (Phi) is 6.63. The lowest BCUT2D eigenvalue weighted by Gasteiger charge is -2.28. The number of carbonyl (C=O) groups excluding carboxylic acids is 1. The second kappa shape index (κ2) is 9.75. The van der Waals surface area contributed by atoms with Gasteiger partial charge in [-0.25, -0.2) is 4.79 Å². The van der Waals surface area contributed by atoms with Crippen molar-refractivity contribution in [3.8, 4) is 0 Å². The third-order valence-corrected chi connectivity index (χ3v) is 5.85. The van der Waals surface area contributed by atoms with E-state index in [-0.39, 0.29) is 6.03 Å². The first kappa shape index (κ1) is 21.1. The summed E-state index contributed by atoms with van der Waals surface area (Å²) >= 11 is 0. The monoisotopic (exact) mass is 414 g/mol. The highest BCUT2D eigenvalue weighted by atomic mass is 16.2. The molecule has 4 rings (SSSR count). The number of fused-ring (bicyclic) bond motifs is 1. The van der Waals surface area contributed by atoms with Crippen molar-refractivity contribution < 1.29 is 4.79 Å². The minimum atomic E-state index is -0.173. The van der Waals surface area contributed by atoms with Crippen molar-refractivity contribution in [1.29, 1.82) is 0 Å². The number of carbonyl (C=O) groups is 1. The molecule has 0 saturated carbocycles. The Bertz CT molecular complexity index is 1100. The van der Waals surface area contributed by atoms with Gasteiger partial charge in [0.15, 0.2) is 0 Å². The first-order valence-corrected chi connectivity index (χ1v) is 11.0. The second-order valence-electron chi connectivity index (χ2n) is 8.21. The van der Waals surface area contributed by atoms with E-state index in [1.165, 1.54) is 16.7 Å². The summed E-state index contributed by atoms with van der Waals surface area (Å²) in [5, 5.41) is 6.93. The lowest BCUT2D eigenvalue weighted by molar-refractivity contribution is 0.240. The van der Waals surface area contributed by atoms with E-state index in [4.69, 9.17) is 0 Å². The van der Waals surface area contributed by atoms with Crippen LogP contribution in [0.2, 0.25) is 0 Å². The zero-order chi connectivity index (χ0) is 21.6. The SMILES string of the molecule is Cc1cc(NC(=O)NCCN2CCC(=Cc3ccccc3C)CC2)c2ccccc2n1. The molecule has 160 valence electrons. The van der Waals surface area contributed by atoms with Crippen molar-refractivity contribution in [2.45, 2.75) is 26.7 Å². The van der Waals surface area contributed by atoms with Gasteiger partial charge in [0, 0.05) is 37.3 Å². The highest BCUT2D eigenvalue weighted by Crippen LogP contribution is 2.23. The minimum absolute atomic E-state index is 0.173. The van der Waals surface area contributed by atoms with Gasteiger partial charge in [0.25, 0.3) is 0 Å². The summed E-state index contributed by atoms with van der Waals surface area (Å²) < 4.78 is 0. The molecule has 5 heteroatoms. The van der Waals surface area contributed by atoms with E-state index in [0.717, 1.165) is 54.8 Å². The number of amides is 2. The highest BCUT2D eigenvalue weighted by Gasteiger charge is 2.14. The van der Waals surface area contributed by atoms with Crippen LogP contribution in [0.5, 0.6) is 0 Å². The number of nitrogens with zero attached hydrogens (tertiary/aromatic N) is 2. The van der Waals surface area contributed by atoms with Gasteiger partial charge in [-0.3, -0.25) is 4.98 Å². The Morgan fingerprint density at radius 1 is 1.06 bits per heavy atom. The number of piperidine rings is 1. The fraction of sp³-hybridized carbons (Fsp3) is 0.308. The molecule has 2 N–H and O–H groups in total. The van der Waals surface area contributed by atoms with Crippen molar-refractivity contribution in [2.24, 2.45) is 0 Å². The number of aryl methyl sites for hydroxylation is 2. The zero-order valence-corrected chi connectivity index (χ0v) is 18.3. The summed E-state index contributed by atoms with van der Waals surface area (Å²) in [4.78, 5) is 19.4. The van der Waals surface area contributed by atoms with Gasteiger partial charge in [-0.2, -0.15) is 0 Å². The third kappa shape index (κ3) is 5.50. The fourth-order valence-electron chi connectivity index (χ4n) is 4.08. The van der Waals surface area contributed by atoms with Crippen LogP contribution in [0, 0.1) is 13.8 Å². The molecule has 2 aromatic carbocycles. The molecule has 1 aliphatic rings. The van der Waals surface area contributed by atoms with Crippen LogP contribution in [0.3, 0.4) is 0 Å². The van der Waals surface area contributed by atoms with E-state index in [1.807, 2.05) is 37.3 Å². The largest absolute Gasteiger partial charge is 0.337 e. The lowest BCUT2D eigenvalue weighted by atomic mass is 9.99. The van der Waals surface area contributed by atoms with Crippen LogP contribution >= 0.6 is 0 Å². The number of hydrogen-bond acceptors (Lipinski definition) is 3. The summed E-state index contributed by atoms with van der Waals surface area (Å²) in [5.74, 6) is 0. The van der Waals surface area contributed by atoms with Crippen molar-refractivity contribution in [3.63, 3.8) is 0 Å². The number of para-hydroxylation sites is 1. The van der Waals surface area contributed by atoms with Gasteiger partial charge < -0.3 is 15.5 Å². The summed E-state index contributed by atoms with van der Waals surface area (Å²) in [5.41, 5.74) is 6.73. The predicted molar refractivity (Wildman–Crippen MR) is 128 cm³/mol. The highest BCUT2D eigenvalue weighted by molar-refractivity contribution is 6.00. The summed E-state index contributed by atoms with van der Waals surface area (Å²) in [6.07, 6.45) is 4.52. The fourth-order valence-corrected chi connectivity index (χ4v) is 4.08. The van der Waals surface area contributed by atoms with Gasteiger partial charge in [-0.05, 0) is 49.9 Å². The molecule has 0 radical (unpaired) electrons. The number of likely N-dealkylation sites (tertiary alicyclic amines) is 1. The van der Waals surface area contributed by atoms with Gasteiger partial charge in [0.1, 0.15) is 0 Å². The molecule has 0 bridgehead atoms. The maximum Gasteiger partial charge on any atom is 0.319 e. The molecule has 31 heavy (non-hydrogen) atoms. The normalized spacial score (nSPS) is 14.5. The molecule has 0 spiro atoms. The van der Waals surface area contributed by atoms with E-state index < -0.39 is 0 Å². The van der Waals surface area contributed by atoms with Crippen LogP contribution in [0.1, 0.15) is 29.7 Å². The smallest absolute Gasteiger partial charge is 0.319 e. The summed E-state index contributed by atoms with van der Waals surface area (Å²) in [6.45, 7) is 7.66. The van der Waals surface area contributed by atoms with E-state index >= 15 is 0 Å². The molecule has 5 nitrogen and oxygen atoms in total. The Hall–Kier alpha value is -3.18.